The second kappa shape index (κ2) is 4.51. The minimum Gasteiger partial charge on any atom is -0.397 e. The first-order chi connectivity index (χ1) is 9.91. The van der Waals surface area contributed by atoms with Gasteiger partial charge in [-0.2, -0.15) is 0 Å². The monoisotopic (exact) mass is 291 g/mol. The fourth-order valence-electron chi connectivity index (χ4n) is 3.01. The number of rotatable bonds is 1. The molecule has 0 aliphatic carbocycles. The van der Waals surface area contributed by atoms with Crippen LogP contribution in [0.1, 0.15) is 23.3 Å². The molecule has 3 heterocycles. The van der Waals surface area contributed by atoms with Crippen LogP contribution in [0.25, 0.3) is 0 Å². The van der Waals surface area contributed by atoms with E-state index in [1.165, 1.54) is 0 Å². The topological polar surface area (TPSA) is 109 Å². The fraction of sp³-hybridized carbons (Fsp3) is 0.462. The van der Waals surface area contributed by atoms with Crippen LogP contribution in [0, 0.1) is 0 Å². The largest absolute Gasteiger partial charge is 0.397 e. The second-order valence-electron chi connectivity index (χ2n) is 5.59. The summed E-state index contributed by atoms with van der Waals surface area (Å²) in [6.45, 7) is 0.726. The maximum atomic E-state index is 12.6. The lowest BCUT2D eigenvalue weighted by Gasteiger charge is -2.38. The SMILES string of the molecule is Cn1cc(N)cc1C(=O)N1CCCC2(C1)NC(=O)NC2=O. The highest BCUT2D eigenvalue weighted by atomic mass is 16.2. The number of aromatic nitrogens is 1. The summed E-state index contributed by atoms with van der Waals surface area (Å²) in [7, 11) is 1.74. The van der Waals surface area contributed by atoms with Gasteiger partial charge in [-0.25, -0.2) is 4.79 Å². The van der Waals surface area contributed by atoms with Gasteiger partial charge in [-0.15, -0.1) is 0 Å². The molecule has 1 aromatic rings. The number of likely N-dealkylation sites (tertiary alicyclic amines) is 1. The molecule has 2 fully saturated rings. The van der Waals surface area contributed by atoms with Crippen molar-refractivity contribution < 1.29 is 14.4 Å². The van der Waals surface area contributed by atoms with Gasteiger partial charge in [0.05, 0.1) is 12.2 Å². The third-order valence-electron chi connectivity index (χ3n) is 4.04. The van der Waals surface area contributed by atoms with E-state index in [2.05, 4.69) is 10.6 Å². The maximum absolute atomic E-state index is 12.6. The lowest BCUT2D eigenvalue weighted by Crippen LogP contribution is -2.59. The zero-order valence-electron chi connectivity index (χ0n) is 11.7. The number of carbonyl (C=O) groups is 3. The number of nitrogen functional groups attached to an aromatic ring is 1. The van der Waals surface area contributed by atoms with E-state index in [9.17, 15) is 14.4 Å². The molecule has 4 N–H and O–H groups in total. The van der Waals surface area contributed by atoms with Gasteiger partial charge in [0.1, 0.15) is 11.2 Å². The van der Waals surface area contributed by atoms with Gasteiger partial charge in [0, 0.05) is 19.8 Å². The fourth-order valence-corrected chi connectivity index (χ4v) is 3.01. The number of imide groups is 1. The van der Waals surface area contributed by atoms with Crippen molar-refractivity contribution >= 4 is 23.5 Å². The van der Waals surface area contributed by atoms with Crippen molar-refractivity contribution in [3.63, 3.8) is 0 Å². The minimum absolute atomic E-state index is 0.175. The third kappa shape index (κ3) is 2.12. The molecular weight excluding hydrogens is 274 g/mol. The summed E-state index contributed by atoms with van der Waals surface area (Å²) in [5.74, 6) is -0.557. The molecule has 1 unspecified atom stereocenters. The summed E-state index contributed by atoms with van der Waals surface area (Å²) >= 11 is 0. The van der Waals surface area contributed by atoms with Crippen molar-refractivity contribution in [3.8, 4) is 0 Å². The Morgan fingerprint density at radius 2 is 2.19 bits per heavy atom. The van der Waals surface area contributed by atoms with Crippen LogP contribution in [0.5, 0.6) is 0 Å². The number of nitrogens with zero attached hydrogens (tertiary/aromatic N) is 2. The average molecular weight is 291 g/mol. The molecule has 2 aliphatic heterocycles. The highest BCUT2D eigenvalue weighted by Gasteiger charge is 2.49. The molecule has 4 amide bonds. The van der Waals surface area contributed by atoms with E-state index in [4.69, 9.17) is 5.73 Å². The van der Waals surface area contributed by atoms with Gasteiger partial charge < -0.3 is 20.5 Å². The number of urea groups is 1. The van der Waals surface area contributed by atoms with E-state index < -0.39 is 11.6 Å². The van der Waals surface area contributed by atoms with E-state index in [0.29, 0.717) is 30.8 Å². The predicted octanol–water partition coefficient (Wildman–Crippen LogP) is -0.578. The van der Waals surface area contributed by atoms with Gasteiger partial charge in [-0.3, -0.25) is 14.9 Å². The molecule has 1 atom stereocenters. The Kier molecular flexibility index (Phi) is 2.89. The lowest BCUT2D eigenvalue weighted by atomic mass is 9.89. The number of nitrogens with two attached hydrogens (primary N) is 1. The molecule has 1 aromatic heterocycles. The standard InChI is InChI=1S/C13H17N5O3/c1-17-6-8(14)5-9(17)10(19)18-4-2-3-13(7-18)11(20)15-12(21)16-13/h5-6H,2-4,7,14H2,1H3,(H2,15,16,20,21). The molecule has 2 saturated heterocycles. The van der Waals surface area contributed by atoms with Crippen LogP contribution in [0.15, 0.2) is 12.3 Å². The van der Waals surface area contributed by atoms with Crippen LogP contribution >= 0.6 is 0 Å². The smallest absolute Gasteiger partial charge is 0.322 e. The number of aryl methyl sites for hydroxylation is 1. The Morgan fingerprint density at radius 3 is 2.76 bits per heavy atom. The van der Waals surface area contributed by atoms with E-state index in [0.717, 1.165) is 0 Å². The van der Waals surface area contributed by atoms with Gasteiger partial charge in [0.25, 0.3) is 11.8 Å². The first kappa shape index (κ1) is 13.5. The molecule has 0 saturated carbocycles. The van der Waals surface area contributed by atoms with Gasteiger partial charge in [-0.05, 0) is 18.9 Å². The summed E-state index contributed by atoms with van der Waals surface area (Å²) in [6, 6.07) is 1.11. The van der Waals surface area contributed by atoms with E-state index in [-0.39, 0.29) is 18.4 Å². The molecule has 8 heteroatoms. The number of hydrogen-bond donors (Lipinski definition) is 3. The van der Waals surface area contributed by atoms with Gasteiger partial charge in [0.15, 0.2) is 0 Å². The van der Waals surface area contributed by atoms with E-state index >= 15 is 0 Å². The van der Waals surface area contributed by atoms with E-state index in [1.54, 1.807) is 28.8 Å². The lowest BCUT2D eigenvalue weighted by molar-refractivity contribution is -0.125. The van der Waals surface area contributed by atoms with Crippen molar-refractivity contribution in [1.29, 1.82) is 0 Å². The van der Waals surface area contributed by atoms with Crippen LogP contribution in [-0.2, 0) is 11.8 Å². The Balaban J connectivity index is 1.83. The molecule has 0 aromatic carbocycles. The van der Waals surface area contributed by atoms with Crippen molar-refractivity contribution in [2.24, 2.45) is 7.05 Å². The van der Waals surface area contributed by atoms with Crippen LogP contribution in [-0.4, -0.2) is 45.9 Å². The van der Waals surface area contributed by atoms with Crippen LogP contribution in [0.2, 0.25) is 0 Å². The van der Waals surface area contributed by atoms with Crippen LogP contribution in [0.3, 0.4) is 0 Å². The Bertz CT molecular complexity index is 638. The molecule has 112 valence electrons. The zero-order chi connectivity index (χ0) is 15.2. The third-order valence-corrected chi connectivity index (χ3v) is 4.04. The van der Waals surface area contributed by atoms with Gasteiger partial charge in [-0.1, -0.05) is 0 Å². The minimum atomic E-state index is -0.998. The first-order valence-electron chi connectivity index (χ1n) is 6.76. The molecule has 1 spiro atoms. The molecule has 0 radical (unpaired) electrons. The predicted molar refractivity (Wildman–Crippen MR) is 74.4 cm³/mol. The molecule has 2 aliphatic rings. The van der Waals surface area contributed by atoms with E-state index in [1.807, 2.05) is 0 Å². The average Bonchev–Trinajstić information content (AvgIpc) is 2.89. The molecule has 21 heavy (non-hydrogen) atoms. The van der Waals surface area contributed by atoms with Crippen LogP contribution in [0.4, 0.5) is 10.5 Å². The summed E-state index contributed by atoms with van der Waals surface area (Å²) in [5, 5.41) is 4.89. The Hall–Kier alpha value is -2.51. The molecular formula is C13H17N5O3. The quantitative estimate of drug-likeness (QED) is 0.601. The number of amides is 4. The number of piperidine rings is 1. The molecule has 8 nitrogen and oxygen atoms in total. The maximum Gasteiger partial charge on any atom is 0.322 e. The molecule has 0 bridgehead atoms. The summed E-state index contributed by atoms with van der Waals surface area (Å²) in [4.78, 5) is 37.5. The number of carbonyl (C=O) groups excluding carboxylic acids is 3. The van der Waals surface area contributed by atoms with Gasteiger partial charge in [0.2, 0.25) is 0 Å². The number of anilines is 1. The van der Waals surface area contributed by atoms with Crippen molar-refractivity contribution in [2.45, 2.75) is 18.4 Å². The highest BCUT2D eigenvalue weighted by Crippen LogP contribution is 2.26. The Labute approximate surface area is 121 Å². The second-order valence-corrected chi connectivity index (χ2v) is 5.59. The van der Waals surface area contributed by atoms with Crippen molar-refractivity contribution in [2.75, 3.05) is 18.8 Å². The molecule has 3 rings (SSSR count). The summed E-state index contributed by atoms with van der Waals surface area (Å²) in [5.41, 5.74) is 5.67. The number of hydrogen-bond acceptors (Lipinski definition) is 4. The first-order valence-corrected chi connectivity index (χ1v) is 6.76. The van der Waals surface area contributed by atoms with Crippen molar-refractivity contribution in [1.82, 2.24) is 20.1 Å². The summed E-state index contributed by atoms with van der Waals surface area (Å²) in [6.07, 6.45) is 2.85. The summed E-state index contributed by atoms with van der Waals surface area (Å²) < 4.78 is 1.66. The number of nitrogens with one attached hydrogen (secondary N) is 2. The van der Waals surface area contributed by atoms with Gasteiger partial charge >= 0.3 is 6.03 Å². The van der Waals surface area contributed by atoms with Crippen molar-refractivity contribution in [3.05, 3.63) is 18.0 Å². The highest BCUT2D eigenvalue weighted by molar-refractivity contribution is 6.07. The van der Waals surface area contributed by atoms with Crippen LogP contribution < -0.4 is 16.4 Å². The zero-order valence-corrected chi connectivity index (χ0v) is 11.7. The normalized spacial score (nSPS) is 25.1. The Morgan fingerprint density at radius 1 is 1.43 bits per heavy atom.